The molecule has 92 valence electrons. The summed E-state index contributed by atoms with van der Waals surface area (Å²) in [4.78, 5) is 11.6. The van der Waals surface area contributed by atoms with E-state index < -0.39 is 5.82 Å². The topological polar surface area (TPSA) is 53.2 Å². The number of amides is 2. The van der Waals surface area contributed by atoms with Crippen molar-refractivity contribution in [2.45, 2.75) is 18.9 Å². The molecule has 1 aromatic rings. The lowest BCUT2D eigenvalue weighted by Crippen LogP contribution is -2.44. The lowest BCUT2D eigenvalue weighted by atomic mass is 10.1. The van der Waals surface area contributed by atoms with E-state index in [4.69, 9.17) is 0 Å². The number of anilines is 1. The first-order valence-corrected chi connectivity index (χ1v) is 5.78. The number of rotatable bonds is 2. The summed E-state index contributed by atoms with van der Waals surface area (Å²) in [5, 5.41) is 8.56. The van der Waals surface area contributed by atoms with E-state index in [2.05, 4.69) is 16.0 Å². The van der Waals surface area contributed by atoms with Crippen LogP contribution in [0, 0.1) is 5.82 Å². The van der Waals surface area contributed by atoms with Gasteiger partial charge in [-0.25, -0.2) is 9.18 Å². The van der Waals surface area contributed by atoms with Crippen LogP contribution < -0.4 is 16.0 Å². The fourth-order valence-corrected chi connectivity index (χ4v) is 1.87. The van der Waals surface area contributed by atoms with Crippen molar-refractivity contribution >= 4 is 11.7 Å². The molecule has 3 N–H and O–H groups in total. The van der Waals surface area contributed by atoms with Gasteiger partial charge in [-0.05, 0) is 38.1 Å². The Morgan fingerprint density at radius 1 is 1.29 bits per heavy atom. The minimum Gasteiger partial charge on any atom is -0.335 e. The molecule has 2 amide bonds. The second-order valence-corrected chi connectivity index (χ2v) is 4.10. The molecule has 0 radical (unpaired) electrons. The van der Waals surface area contributed by atoms with E-state index in [1.54, 1.807) is 12.1 Å². The number of benzene rings is 1. The second-order valence-electron chi connectivity index (χ2n) is 4.10. The van der Waals surface area contributed by atoms with E-state index in [1.807, 2.05) is 0 Å². The van der Waals surface area contributed by atoms with Crippen molar-refractivity contribution in [3.63, 3.8) is 0 Å². The van der Waals surface area contributed by atoms with Crippen molar-refractivity contribution in [3.05, 3.63) is 30.1 Å². The number of piperidine rings is 1. The lowest BCUT2D eigenvalue weighted by molar-refractivity contribution is 0.245. The highest BCUT2D eigenvalue weighted by Gasteiger charge is 2.15. The van der Waals surface area contributed by atoms with Crippen molar-refractivity contribution in [2.75, 3.05) is 18.4 Å². The third-order valence-electron chi connectivity index (χ3n) is 2.80. The predicted molar refractivity (Wildman–Crippen MR) is 64.4 cm³/mol. The first-order valence-electron chi connectivity index (χ1n) is 5.78. The standard InChI is InChI=1S/C12H16FN3O/c13-10-3-1-2-4-11(10)16-12(17)15-9-5-7-14-8-6-9/h1-4,9,14H,5-8H2,(H2,15,16,17). The fraction of sp³-hybridized carbons (Fsp3) is 0.417. The molecular weight excluding hydrogens is 221 g/mol. The van der Waals surface area contributed by atoms with Crippen molar-refractivity contribution in [2.24, 2.45) is 0 Å². The number of halogens is 1. The van der Waals surface area contributed by atoms with Gasteiger partial charge in [0.1, 0.15) is 5.82 Å². The SMILES string of the molecule is O=C(Nc1ccccc1F)NC1CCNCC1. The van der Waals surface area contributed by atoms with Crippen LogP contribution in [-0.4, -0.2) is 25.2 Å². The van der Waals surface area contributed by atoms with E-state index in [-0.39, 0.29) is 17.8 Å². The number of nitrogens with one attached hydrogen (secondary N) is 3. The van der Waals surface area contributed by atoms with Gasteiger partial charge in [-0.2, -0.15) is 0 Å². The van der Waals surface area contributed by atoms with Crippen LogP contribution in [0.5, 0.6) is 0 Å². The van der Waals surface area contributed by atoms with Gasteiger partial charge in [0, 0.05) is 6.04 Å². The van der Waals surface area contributed by atoms with Gasteiger partial charge in [0.25, 0.3) is 0 Å². The molecule has 1 heterocycles. The maximum absolute atomic E-state index is 13.3. The zero-order valence-corrected chi connectivity index (χ0v) is 9.50. The van der Waals surface area contributed by atoms with Gasteiger partial charge in [0.15, 0.2) is 0 Å². The summed E-state index contributed by atoms with van der Waals surface area (Å²) < 4.78 is 13.3. The molecule has 1 aromatic carbocycles. The van der Waals surface area contributed by atoms with Gasteiger partial charge in [-0.15, -0.1) is 0 Å². The first-order chi connectivity index (χ1) is 8.25. The largest absolute Gasteiger partial charge is 0.335 e. The Kier molecular flexibility index (Phi) is 3.93. The summed E-state index contributed by atoms with van der Waals surface area (Å²) >= 11 is 0. The third-order valence-corrected chi connectivity index (χ3v) is 2.80. The van der Waals surface area contributed by atoms with Crippen LogP contribution in [0.25, 0.3) is 0 Å². The van der Waals surface area contributed by atoms with Gasteiger partial charge < -0.3 is 16.0 Å². The van der Waals surface area contributed by atoms with E-state index in [1.165, 1.54) is 12.1 Å². The Balaban J connectivity index is 1.86. The van der Waals surface area contributed by atoms with Crippen LogP contribution in [0.4, 0.5) is 14.9 Å². The number of para-hydroxylation sites is 1. The monoisotopic (exact) mass is 237 g/mol. The molecular formula is C12H16FN3O. The molecule has 1 aliphatic heterocycles. The minimum absolute atomic E-state index is 0.169. The highest BCUT2D eigenvalue weighted by atomic mass is 19.1. The van der Waals surface area contributed by atoms with Gasteiger partial charge in [0.2, 0.25) is 0 Å². The van der Waals surface area contributed by atoms with E-state index in [9.17, 15) is 9.18 Å². The number of carbonyl (C=O) groups is 1. The predicted octanol–water partition coefficient (Wildman–Crippen LogP) is 1.70. The zero-order chi connectivity index (χ0) is 12.1. The van der Waals surface area contributed by atoms with Gasteiger partial charge in [-0.3, -0.25) is 0 Å². The van der Waals surface area contributed by atoms with E-state index in [0.29, 0.717) is 0 Å². The molecule has 0 aromatic heterocycles. The molecule has 0 atom stereocenters. The van der Waals surface area contributed by atoms with Crippen LogP contribution in [0.15, 0.2) is 24.3 Å². The molecule has 1 saturated heterocycles. The van der Waals surface area contributed by atoms with Crippen molar-refractivity contribution in [3.8, 4) is 0 Å². The van der Waals surface area contributed by atoms with Crippen LogP contribution >= 0.6 is 0 Å². The van der Waals surface area contributed by atoms with Crippen molar-refractivity contribution < 1.29 is 9.18 Å². The number of hydrogen-bond donors (Lipinski definition) is 3. The normalized spacial score (nSPS) is 16.5. The van der Waals surface area contributed by atoms with Crippen molar-refractivity contribution in [1.82, 2.24) is 10.6 Å². The highest BCUT2D eigenvalue weighted by Crippen LogP contribution is 2.12. The number of urea groups is 1. The summed E-state index contributed by atoms with van der Waals surface area (Å²) in [5.41, 5.74) is 0.207. The molecule has 0 aliphatic carbocycles. The minimum atomic E-state index is -0.423. The molecule has 0 unspecified atom stereocenters. The molecule has 1 aliphatic rings. The van der Waals surface area contributed by atoms with Gasteiger partial charge >= 0.3 is 6.03 Å². The smallest absolute Gasteiger partial charge is 0.319 e. The second kappa shape index (κ2) is 5.63. The molecule has 17 heavy (non-hydrogen) atoms. The Bertz CT molecular complexity index is 391. The summed E-state index contributed by atoms with van der Waals surface area (Å²) in [6, 6.07) is 5.95. The first kappa shape index (κ1) is 11.9. The van der Waals surface area contributed by atoms with Crippen LogP contribution in [0.1, 0.15) is 12.8 Å². The van der Waals surface area contributed by atoms with E-state index in [0.717, 1.165) is 25.9 Å². The number of hydrogen-bond acceptors (Lipinski definition) is 2. The molecule has 2 rings (SSSR count). The lowest BCUT2D eigenvalue weighted by Gasteiger charge is -2.23. The summed E-state index contributed by atoms with van der Waals surface area (Å²) in [6.45, 7) is 1.81. The molecule has 1 fully saturated rings. The maximum atomic E-state index is 13.3. The van der Waals surface area contributed by atoms with Gasteiger partial charge in [-0.1, -0.05) is 12.1 Å². The Morgan fingerprint density at radius 2 is 2.00 bits per heavy atom. The molecule has 0 spiro atoms. The maximum Gasteiger partial charge on any atom is 0.319 e. The summed E-state index contributed by atoms with van der Waals surface area (Å²) in [5.74, 6) is -0.423. The third kappa shape index (κ3) is 3.42. The van der Waals surface area contributed by atoms with Crippen LogP contribution in [0.3, 0.4) is 0 Å². The average Bonchev–Trinajstić information content (AvgIpc) is 2.33. The average molecular weight is 237 g/mol. The van der Waals surface area contributed by atoms with Gasteiger partial charge in [0.05, 0.1) is 5.69 Å². The molecule has 5 heteroatoms. The Hall–Kier alpha value is -1.62. The van der Waals surface area contributed by atoms with Crippen molar-refractivity contribution in [1.29, 1.82) is 0 Å². The summed E-state index contributed by atoms with van der Waals surface area (Å²) in [6.07, 6.45) is 1.81. The molecule has 0 saturated carbocycles. The van der Waals surface area contributed by atoms with E-state index >= 15 is 0 Å². The Morgan fingerprint density at radius 3 is 2.71 bits per heavy atom. The zero-order valence-electron chi connectivity index (χ0n) is 9.50. The molecule has 0 bridgehead atoms. The Labute approximate surface area is 99.6 Å². The number of carbonyl (C=O) groups excluding carboxylic acids is 1. The fourth-order valence-electron chi connectivity index (χ4n) is 1.87. The quantitative estimate of drug-likeness (QED) is 0.733. The highest BCUT2D eigenvalue weighted by molar-refractivity contribution is 5.89. The molecule has 4 nitrogen and oxygen atoms in total. The van der Waals surface area contributed by atoms with Crippen LogP contribution in [0.2, 0.25) is 0 Å². The summed E-state index contributed by atoms with van der Waals surface area (Å²) in [7, 11) is 0. The van der Waals surface area contributed by atoms with Crippen LogP contribution in [-0.2, 0) is 0 Å².